The number of pyridine rings is 1. The molecule has 0 radical (unpaired) electrons. The minimum absolute atomic E-state index is 0.257. The fourth-order valence-corrected chi connectivity index (χ4v) is 2.67. The van der Waals surface area contributed by atoms with Gasteiger partial charge in [-0.25, -0.2) is 4.79 Å². The van der Waals surface area contributed by atoms with Crippen molar-refractivity contribution >= 4 is 17.7 Å². The second-order valence-electron chi connectivity index (χ2n) is 5.14. The van der Waals surface area contributed by atoms with Gasteiger partial charge in [0.1, 0.15) is 0 Å². The maximum Gasteiger partial charge on any atom is 0.338 e. The quantitative estimate of drug-likeness (QED) is 0.571. The van der Waals surface area contributed by atoms with Gasteiger partial charge in [0.15, 0.2) is 0 Å². The van der Waals surface area contributed by atoms with Crippen LogP contribution in [-0.4, -0.2) is 23.8 Å². The third kappa shape index (κ3) is 5.19. The minimum atomic E-state index is -0.257. The van der Waals surface area contributed by atoms with Crippen LogP contribution in [0.1, 0.15) is 33.7 Å². The Labute approximate surface area is 136 Å². The molecule has 2 rings (SSSR count). The van der Waals surface area contributed by atoms with Gasteiger partial charge in [-0.15, -0.1) is 0 Å². The molecule has 0 amide bonds. The van der Waals surface area contributed by atoms with E-state index >= 15 is 0 Å². The molecule has 0 aliphatic heterocycles. The van der Waals surface area contributed by atoms with Crippen molar-refractivity contribution in [3.05, 3.63) is 65.0 Å². The number of carbonyl (C=O) groups is 1. The average Bonchev–Trinajstić information content (AvgIpc) is 2.52. The molecule has 1 aromatic heterocycles. The van der Waals surface area contributed by atoms with Crippen LogP contribution in [-0.2, 0) is 16.9 Å². The number of hydrogen-bond donors (Lipinski definition) is 0. The van der Waals surface area contributed by atoms with Gasteiger partial charge in [0.25, 0.3) is 0 Å². The Morgan fingerprint density at radius 1 is 1.18 bits per heavy atom. The molecule has 0 aliphatic rings. The van der Waals surface area contributed by atoms with Gasteiger partial charge >= 0.3 is 5.97 Å². The Morgan fingerprint density at radius 2 is 1.95 bits per heavy atom. The summed E-state index contributed by atoms with van der Waals surface area (Å²) in [6.07, 6.45) is 3.67. The van der Waals surface area contributed by atoms with Crippen molar-refractivity contribution in [2.75, 3.05) is 12.9 Å². The largest absolute Gasteiger partial charge is 0.462 e. The van der Waals surface area contributed by atoms with Gasteiger partial charge in [0.05, 0.1) is 12.2 Å². The summed E-state index contributed by atoms with van der Waals surface area (Å²) in [4.78, 5) is 16.4. The molecule has 0 fully saturated rings. The Hall–Kier alpha value is -1.81. The third-order valence-corrected chi connectivity index (χ3v) is 3.88. The molecule has 1 heterocycles. The van der Waals surface area contributed by atoms with Crippen LogP contribution < -0.4 is 0 Å². The first kappa shape index (κ1) is 16.6. The van der Waals surface area contributed by atoms with Crippen LogP contribution in [0.2, 0.25) is 0 Å². The lowest BCUT2D eigenvalue weighted by atomic mass is 10.1. The van der Waals surface area contributed by atoms with E-state index in [1.54, 1.807) is 11.8 Å². The third-order valence-electron chi connectivity index (χ3n) is 3.26. The standard InChI is InChI=1S/C18H21NO2S/c1-14-5-3-6-17(19-14)7-4-12-21-18(20)16-10-8-15(9-11-16)13-22-2/h3,5-6,8-11H,4,7,12-13H2,1-2H3. The van der Waals surface area contributed by atoms with Crippen molar-refractivity contribution in [3.8, 4) is 0 Å². The molecule has 116 valence electrons. The fourth-order valence-electron chi connectivity index (χ4n) is 2.14. The van der Waals surface area contributed by atoms with E-state index in [0.717, 1.165) is 30.0 Å². The molecule has 2 aromatic rings. The summed E-state index contributed by atoms with van der Waals surface area (Å²) in [6.45, 7) is 2.39. The summed E-state index contributed by atoms with van der Waals surface area (Å²) in [5, 5.41) is 0. The highest BCUT2D eigenvalue weighted by atomic mass is 32.2. The summed E-state index contributed by atoms with van der Waals surface area (Å²) in [7, 11) is 0. The Kier molecular flexibility index (Phi) is 6.46. The van der Waals surface area contributed by atoms with Crippen LogP contribution in [0.15, 0.2) is 42.5 Å². The monoisotopic (exact) mass is 315 g/mol. The van der Waals surface area contributed by atoms with E-state index in [-0.39, 0.29) is 5.97 Å². The normalized spacial score (nSPS) is 10.5. The lowest BCUT2D eigenvalue weighted by Crippen LogP contribution is -2.07. The molecule has 0 saturated heterocycles. The van der Waals surface area contributed by atoms with E-state index in [1.165, 1.54) is 5.56 Å². The molecule has 1 aromatic carbocycles. The van der Waals surface area contributed by atoms with Gasteiger partial charge in [-0.3, -0.25) is 4.98 Å². The molecule has 0 aliphatic carbocycles. The van der Waals surface area contributed by atoms with Gasteiger partial charge < -0.3 is 4.74 Å². The smallest absolute Gasteiger partial charge is 0.338 e. The number of ether oxygens (including phenoxy) is 1. The van der Waals surface area contributed by atoms with Crippen molar-refractivity contribution in [2.45, 2.75) is 25.5 Å². The number of rotatable bonds is 7. The number of thioether (sulfide) groups is 1. The van der Waals surface area contributed by atoms with Crippen LogP contribution in [0, 0.1) is 6.92 Å². The van der Waals surface area contributed by atoms with E-state index in [9.17, 15) is 4.79 Å². The first-order chi connectivity index (χ1) is 10.7. The van der Waals surface area contributed by atoms with Gasteiger partial charge in [-0.05, 0) is 55.9 Å². The molecule has 0 unspecified atom stereocenters. The summed E-state index contributed by atoms with van der Waals surface area (Å²) in [6, 6.07) is 13.6. The van der Waals surface area contributed by atoms with E-state index in [2.05, 4.69) is 11.2 Å². The van der Waals surface area contributed by atoms with E-state index in [0.29, 0.717) is 12.2 Å². The fraction of sp³-hybridized carbons (Fsp3) is 0.333. The van der Waals surface area contributed by atoms with E-state index in [4.69, 9.17) is 4.74 Å². The molecule has 22 heavy (non-hydrogen) atoms. The van der Waals surface area contributed by atoms with Crippen LogP contribution >= 0.6 is 11.8 Å². The van der Waals surface area contributed by atoms with Gasteiger partial charge in [0.2, 0.25) is 0 Å². The summed E-state index contributed by atoms with van der Waals surface area (Å²) < 4.78 is 5.31. The van der Waals surface area contributed by atoms with E-state index in [1.807, 2.05) is 49.4 Å². The maximum absolute atomic E-state index is 11.9. The lowest BCUT2D eigenvalue weighted by molar-refractivity contribution is 0.0500. The molecule has 0 spiro atoms. The number of esters is 1. The average molecular weight is 315 g/mol. The van der Waals surface area contributed by atoms with Crippen molar-refractivity contribution < 1.29 is 9.53 Å². The highest BCUT2D eigenvalue weighted by molar-refractivity contribution is 7.97. The number of nitrogens with zero attached hydrogens (tertiary/aromatic N) is 1. The second-order valence-corrected chi connectivity index (χ2v) is 6.01. The van der Waals surface area contributed by atoms with Crippen molar-refractivity contribution in [1.82, 2.24) is 4.98 Å². The molecule has 0 atom stereocenters. The van der Waals surface area contributed by atoms with Crippen molar-refractivity contribution in [2.24, 2.45) is 0 Å². The van der Waals surface area contributed by atoms with Crippen LogP contribution in [0.3, 0.4) is 0 Å². The van der Waals surface area contributed by atoms with Gasteiger partial charge in [-0.2, -0.15) is 11.8 Å². The number of hydrogen-bond acceptors (Lipinski definition) is 4. The predicted octanol–water partition coefficient (Wildman–Crippen LogP) is 4.04. The lowest BCUT2D eigenvalue weighted by Gasteiger charge is -2.06. The van der Waals surface area contributed by atoms with Crippen LogP contribution in [0.5, 0.6) is 0 Å². The number of benzene rings is 1. The zero-order valence-corrected chi connectivity index (χ0v) is 13.9. The summed E-state index contributed by atoms with van der Waals surface area (Å²) in [5.74, 6) is 0.701. The molecular weight excluding hydrogens is 294 g/mol. The molecule has 0 saturated carbocycles. The van der Waals surface area contributed by atoms with Crippen molar-refractivity contribution in [3.63, 3.8) is 0 Å². The van der Waals surface area contributed by atoms with Crippen molar-refractivity contribution in [1.29, 1.82) is 0 Å². The molecular formula is C18H21NO2S. The number of carbonyl (C=O) groups excluding carboxylic acids is 1. The van der Waals surface area contributed by atoms with Gasteiger partial charge in [0, 0.05) is 17.1 Å². The SMILES string of the molecule is CSCc1ccc(C(=O)OCCCc2cccc(C)n2)cc1. The highest BCUT2D eigenvalue weighted by Gasteiger charge is 2.06. The molecule has 0 bridgehead atoms. The Balaban J connectivity index is 1.75. The topological polar surface area (TPSA) is 39.2 Å². The molecule has 0 N–H and O–H groups in total. The summed E-state index contributed by atoms with van der Waals surface area (Å²) >= 11 is 1.76. The molecule has 3 nitrogen and oxygen atoms in total. The summed E-state index contributed by atoms with van der Waals surface area (Å²) in [5.41, 5.74) is 3.88. The highest BCUT2D eigenvalue weighted by Crippen LogP contribution is 2.11. The zero-order chi connectivity index (χ0) is 15.8. The zero-order valence-electron chi connectivity index (χ0n) is 13.0. The first-order valence-corrected chi connectivity index (χ1v) is 8.76. The number of aryl methyl sites for hydroxylation is 2. The Morgan fingerprint density at radius 3 is 2.64 bits per heavy atom. The van der Waals surface area contributed by atoms with E-state index < -0.39 is 0 Å². The molecule has 4 heteroatoms. The van der Waals surface area contributed by atoms with Crippen LogP contribution in [0.4, 0.5) is 0 Å². The van der Waals surface area contributed by atoms with Crippen LogP contribution in [0.25, 0.3) is 0 Å². The minimum Gasteiger partial charge on any atom is -0.462 e. The Bertz CT molecular complexity index is 611. The predicted molar refractivity (Wildman–Crippen MR) is 91.2 cm³/mol. The maximum atomic E-state index is 11.9. The number of aromatic nitrogens is 1. The first-order valence-electron chi connectivity index (χ1n) is 7.36. The second kappa shape index (κ2) is 8.59. The van der Waals surface area contributed by atoms with Gasteiger partial charge in [-0.1, -0.05) is 18.2 Å².